The minimum absolute atomic E-state index is 0.183. The molecule has 1 aliphatic rings. The average Bonchev–Trinajstić information content (AvgIpc) is 2.71. The quantitative estimate of drug-likeness (QED) is 0.619. The third kappa shape index (κ3) is 1.68. The zero-order valence-electron chi connectivity index (χ0n) is 6.52. The van der Waals surface area contributed by atoms with Crippen molar-refractivity contribution in [2.24, 2.45) is 5.41 Å². The Kier molecular flexibility index (Phi) is 2.44. The fourth-order valence-electron chi connectivity index (χ4n) is 1.12. The minimum Gasteiger partial charge on any atom is -0.277 e. The van der Waals surface area contributed by atoms with E-state index in [1.54, 1.807) is 0 Å². The number of carbonyl (C=O) groups is 1. The van der Waals surface area contributed by atoms with Crippen molar-refractivity contribution in [3.05, 3.63) is 0 Å². The van der Waals surface area contributed by atoms with Crippen molar-refractivity contribution >= 4 is 5.91 Å². The van der Waals surface area contributed by atoms with Gasteiger partial charge in [0, 0.05) is 0 Å². The van der Waals surface area contributed by atoms with Crippen molar-refractivity contribution in [3.63, 3.8) is 0 Å². The van der Waals surface area contributed by atoms with Crippen molar-refractivity contribution in [1.29, 1.82) is 0 Å². The normalized spacial score (nSPS) is 19.5. The highest BCUT2D eigenvalue weighted by atomic mass is 19.1. The van der Waals surface area contributed by atoms with Crippen LogP contribution in [0.5, 0.6) is 0 Å². The molecule has 1 fully saturated rings. The van der Waals surface area contributed by atoms with Crippen LogP contribution in [0.4, 0.5) is 4.39 Å². The Balaban J connectivity index is 2.38. The largest absolute Gasteiger partial charge is 0.277 e. The number of rotatable bonds is 4. The Morgan fingerprint density at radius 2 is 2.36 bits per heavy atom. The summed E-state index contributed by atoms with van der Waals surface area (Å²) in [5.74, 6) is -0.183. The van der Waals surface area contributed by atoms with E-state index in [2.05, 4.69) is 10.3 Å². The number of hydrogen-bond donors (Lipinski definition) is 1. The summed E-state index contributed by atoms with van der Waals surface area (Å²) in [5, 5.41) is 0. The molecule has 0 spiro atoms. The minimum atomic E-state index is -0.440. The highest BCUT2D eigenvalue weighted by Gasteiger charge is 2.49. The lowest BCUT2D eigenvalue weighted by Gasteiger charge is -2.10. The van der Waals surface area contributed by atoms with Crippen molar-refractivity contribution in [2.45, 2.75) is 19.3 Å². The number of nitrogens with one attached hydrogen (secondary N) is 1. The Bertz CT molecular complexity index is 157. The molecule has 1 amide bonds. The van der Waals surface area contributed by atoms with Crippen molar-refractivity contribution in [2.75, 3.05) is 13.8 Å². The monoisotopic (exact) mass is 161 g/mol. The van der Waals surface area contributed by atoms with Gasteiger partial charge in [0.05, 0.1) is 19.2 Å². The standard InChI is InChI=1S/C7H12FNO2/c1-11-9-6(10)7(2-3-7)4-5-8/h2-5H2,1H3,(H,9,10). The molecule has 3 nitrogen and oxygen atoms in total. The first-order valence-electron chi connectivity index (χ1n) is 3.64. The molecule has 0 aromatic heterocycles. The van der Waals surface area contributed by atoms with Crippen molar-refractivity contribution in [1.82, 2.24) is 5.48 Å². The summed E-state index contributed by atoms with van der Waals surface area (Å²) in [5.41, 5.74) is 1.79. The van der Waals surface area contributed by atoms with Crippen LogP contribution in [0.25, 0.3) is 0 Å². The van der Waals surface area contributed by atoms with E-state index in [0.717, 1.165) is 12.8 Å². The van der Waals surface area contributed by atoms with Gasteiger partial charge in [0.1, 0.15) is 0 Å². The van der Waals surface area contributed by atoms with Crippen molar-refractivity contribution < 1.29 is 14.0 Å². The SMILES string of the molecule is CONC(=O)C1(CCF)CC1. The van der Waals surface area contributed by atoms with Gasteiger partial charge in [0.2, 0.25) is 5.91 Å². The smallest absolute Gasteiger partial charge is 0.249 e. The molecule has 64 valence electrons. The van der Waals surface area contributed by atoms with E-state index in [-0.39, 0.29) is 5.91 Å². The summed E-state index contributed by atoms with van der Waals surface area (Å²) in [7, 11) is 1.38. The summed E-state index contributed by atoms with van der Waals surface area (Å²) in [6.45, 7) is -0.433. The van der Waals surface area contributed by atoms with Crippen LogP contribution in [0.1, 0.15) is 19.3 Å². The van der Waals surface area contributed by atoms with Gasteiger partial charge >= 0.3 is 0 Å². The lowest BCUT2D eigenvalue weighted by molar-refractivity contribution is -0.137. The number of alkyl halides is 1. The summed E-state index contributed by atoms with van der Waals surface area (Å²) in [6, 6.07) is 0. The average molecular weight is 161 g/mol. The first-order chi connectivity index (χ1) is 5.25. The van der Waals surface area contributed by atoms with Crippen LogP contribution in [0, 0.1) is 5.41 Å². The van der Waals surface area contributed by atoms with Crippen LogP contribution >= 0.6 is 0 Å². The maximum atomic E-state index is 11.9. The summed E-state index contributed by atoms with van der Waals surface area (Å²) >= 11 is 0. The molecule has 0 bridgehead atoms. The van der Waals surface area contributed by atoms with Gasteiger partial charge in [0.15, 0.2) is 0 Å². The zero-order chi connectivity index (χ0) is 8.32. The lowest BCUT2D eigenvalue weighted by Crippen LogP contribution is -2.31. The van der Waals surface area contributed by atoms with Crippen molar-refractivity contribution in [3.8, 4) is 0 Å². The molecular formula is C7H12FNO2. The Morgan fingerprint density at radius 1 is 1.73 bits per heavy atom. The predicted molar refractivity (Wildman–Crippen MR) is 37.4 cm³/mol. The van der Waals surface area contributed by atoms with Gasteiger partial charge in [-0.1, -0.05) is 0 Å². The number of carbonyl (C=O) groups excluding carboxylic acids is 1. The fourth-order valence-corrected chi connectivity index (χ4v) is 1.12. The van der Waals surface area contributed by atoms with E-state index in [1.807, 2.05) is 0 Å². The van der Waals surface area contributed by atoms with E-state index in [0.29, 0.717) is 6.42 Å². The van der Waals surface area contributed by atoms with Gasteiger partial charge in [0.25, 0.3) is 0 Å². The Labute approximate surface area is 64.9 Å². The second-order valence-electron chi connectivity index (χ2n) is 2.85. The Hall–Kier alpha value is -0.640. The molecule has 1 aliphatic carbocycles. The van der Waals surface area contributed by atoms with Crippen LogP contribution in [0.2, 0.25) is 0 Å². The van der Waals surface area contributed by atoms with E-state index in [4.69, 9.17) is 0 Å². The van der Waals surface area contributed by atoms with Crippen LogP contribution in [0.3, 0.4) is 0 Å². The second kappa shape index (κ2) is 3.17. The summed E-state index contributed by atoms with van der Waals surface area (Å²) in [4.78, 5) is 15.6. The molecule has 1 N–H and O–H groups in total. The molecular weight excluding hydrogens is 149 g/mol. The van der Waals surface area contributed by atoms with E-state index >= 15 is 0 Å². The maximum Gasteiger partial charge on any atom is 0.249 e. The first-order valence-corrected chi connectivity index (χ1v) is 3.64. The van der Waals surface area contributed by atoms with E-state index in [9.17, 15) is 9.18 Å². The molecule has 1 saturated carbocycles. The molecule has 0 saturated heterocycles. The van der Waals surface area contributed by atoms with Gasteiger partial charge in [-0.3, -0.25) is 14.0 Å². The van der Waals surface area contributed by atoms with Crippen LogP contribution in [0.15, 0.2) is 0 Å². The second-order valence-corrected chi connectivity index (χ2v) is 2.85. The molecule has 0 aromatic carbocycles. The third-order valence-corrected chi connectivity index (χ3v) is 2.10. The third-order valence-electron chi connectivity index (χ3n) is 2.10. The molecule has 4 heteroatoms. The van der Waals surface area contributed by atoms with Gasteiger partial charge in [-0.15, -0.1) is 0 Å². The molecule has 1 rings (SSSR count). The highest BCUT2D eigenvalue weighted by Crippen LogP contribution is 2.48. The molecule has 0 aromatic rings. The molecule has 0 aliphatic heterocycles. The number of amides is 1. The molecule has 0 radical (unpaired) electrons. The number of halogens is 1. The first kappa shape index (κ1) is 8.46. The highest BCUT2D eigenvalue weighted by molar-refractivity contribution is 5.84. The molecule has 11 heavy (non-hydrogen) atoms. The maximum absolute atomic E-state index is 11.9. The summed E-state index contributed by atoms with van der Waals surface area (Å²) in [6.07, 6.45) is 1.89. The van der Waals surface area contributed by atoms with E-state index < -0.39 is 12.1 Å². The van der Waals surface area contributed by atoms with E-state index in [1.165, 1.54) is 7.11 Å². The van der Waals surface area contributed by atoms with Gasteiger partial charge < -0.3 is 0 Å². The number of hydroxylamine groups is 1. The summed E-state index contributed by atoms with van der Waals surface area (Å²) < 4.78 is 11.9. The molecule has 0 unspecified atom stereocenters. The van der Waals surface area contributed by atoms with Crippen LogP contribution in [-0.4, -0.2) is 19.7 Å². The topological polar surface area (TPSA) is 38.3 Å². The van der Waals surface area contributed by atoms with Crippen LogP contribution in [-0.2, 0) is 9.63 Å². The zero-order valence-corrected chi connectivity index (χ0v) is 6.52. The van der Waals surface area contributed by atoms with Gasteiger partial charge in [-0.25, -0.2) is 5.48 Å². The fraction of sp³-hybridized carbons (Fsp3) is 0.857. The van der Waals surface area contributed by atoms with Gasteiger partial charge in [-0.05, 0) is 19.3 Å². The van der Waals surface area contributed by atoms with Gasteiger partial charge in [-0.2, -0.15) is 0 Å². The Morgan fingerprint density at radius 3 is 2.73 bits per heavy atom. The molecule has 0 heterocycles. The predicted octanol–water partition coefficient (Wildman–Crippen LogP) is 0.804. The lowest BCUT2D eigenvalue weighted by atomic mass is 10.0. The number of hydrogen-bond acceptors (Lipinski definition) is 2. The molecule has 0 atom stereocenters. The van der Waals surface area contributed by atoms with Crippen LogP contribution < -0.4 is 5.48 Å².